The fourth-order valence-electron chi connectivity index (χ4n) is 3.42. The highest BCUT2D eigenvalue weighted by Crippen LogP contribution is 2.33. The van der Waals surface area contributed by atoms with Crippen LogP contribution in [-0.2, 0) is 4.74 Å². The second kappa shape index (κ2) is 6.10. The van der Waals surface area contributed by atoms with Gasteiger partial charge in [-0.3, -0.25) is 4.90 Å². The molecule has 0 spiro atoms. The molecule has 2 saturated heterocycles. The molecule has 4 heteroatoms. The van der Waals surface area contributed by atoms with Crippen molar-refractivity contribution in [3.05, 3.63) is 23.4 Å². The molecule has 3 heterocycles. The number of aromatic nitrogens is 1. The van der Waals surface area contributed by atoms with E-state index in [4.69, 9.17) is 9.72 Å². The Hall–Kier alpha value is -1.13. The number of hydrogen-bond acceptors (Lipinski definition) is 4. The summed E-state index contributed by atoms with van der Waals surface area (Å²) >= 11 is 0. The van der Waals surface area contributed by atoms with E-state index in [1.165, 1.54) is 30.5 Å². The molecule has 110 valence electrons. The van der Waals surface area contributed by atoms with Crippen molar-refractivity contribution in [2.75, 3.05) is 44.3 Å². The normalized spacial score (nSPS) is 24.3. The number of anilines is 1. The van der Waals surface area contributed by atoms with E-state index in [1.807, 2.05) is 0 Å². The average Bonchev–Trinajstić information content (AvgIpc) is 2.96. The first-order chi connectivity index (χ1) is 9.79. The van der Waals surface area contributed by atoms with E-state index in [2.05, 4.69) is 35.9 Å². The Morgan fingerprint density at radius 2 is 2.10 bits per heavy atom. The average molecular weight is 275 g/mol. The fourth-order valence-corrected chi connectivity index (χ4v) is 3.42. The number of nitrogens with zero attached hydrogens (tertiary/aromatic N) is 3. The second-order valence-electron chi connectivity index (χ2n) is 5.79. The number of likely N-dealkylation sites (tertiary alicyclic amines) is 1. The largest absolute Gasteiger partial charge is 0.378 e. The summed E-state index contributed by atoms with van der Waals surface area (Å²) in [5, 5.41) is 0. The molecule has 0 aromatic carbocycles. The standard InChI is InChI=1S/C16H25N3O/c1-3-18-6-4-5-15(18)14-12-17-16(11-13(14)2)19-7-9-20-10-8-19/h11-12,15H,3-10H2,1-2H3/t15-/m0/s1. The van der Waals surface area contributed by atoms with Gasteiger partial charge in [0.1, 0.15) is 5.82 Å². The van der Waals surface area contributed by atoms with Gasteiger partial charge in [0.25, 0.3) is 0 Å². The smallest absolute Gasteiger partial charge is 0.128 e. The molecule has 0 saturated carbocycles. The molecule has 0 unspecified atom stereocenters. The maximum Gasteiger partial charge on any atom is 0.128 e. The van der Waals surface area contributed by atoms with E-state index in [0.717, 1.165) is 38.7 Å². The first kappa shape index (κ1) is 13.8. The Morgan fingerprint density at radius 1 is 1.30 bits per heavy atom. The number of pyridine rings is 1. The SMILES string of the molecule is CCN1CCC[C@H]1c1cnc(N2CCOCC2)cc1C. The van der Waals surface area contributed by atoms with Crippen LogP contribution in [-0.4, -0.2) is 49.3 Å². The summed E-state index contributed by atoms with van der Waals surface area (Å²) < 4.78 is 5.41. The first-order valence-corrected chi connectivity index (χ1v) is 7.83. The van der Waals surface area contributed by atoms with Gasteiger partial charge in [-0.25, -0.2) is 4.98 Å². The van der Waals surface area contributed by atoms with Crippen LogP contribution in [0.25, 0.3) is 0 Å². The van der Waals surface area contributed by atoms with Gasteiger partial charge in [-0.1, -0.05) is 6.92 Å². The summed E-state index contributed by atoms with van der Waals surface area (Å²) in [6.45, 7) is 10.4. The van der Waals surface area contributed by atoms with Gasteiger partial charge in [0, 0.05) is 25.3 Å². The highest BCUT2D eigenvalue weighted by molar-refractivity contribution is 5.44. The molecule has 4 nitrogen and oxygen atoms in total. The maximum absolute atomic E-state index is 5.41. The molecule has 20 heavy (non-hydrogen) atoms. The Bertz CT molecular complexity index is 457. The van der Waals surface area contributed by atoms with E-state index in [1.54, 1.807) is 0 Å². The van der Waals surface area contributed by atoms with Crippen molar-refractivity contribution in [1.29, 1.82) is 0 Å². The number of morpholine rings is 1. The van der Waals surface area contributed by atoms with E-state index >= 15 is 0 Å². The van der Waals surface area contributed by atoms with Gasteiger partial charge >= 0.3 is 0 Å². The van der Waals surface area contributed by atoms with Crippen LogP contribution < -0.4 is 4.90 Å². The molecule has 0 aliphatic carbocycles. The molecular weight excluding hydrogens is 250 g/mol. The minimum absolute atomic E-state index is 0.575. The molecule has 0 amide bonds. The molecule has 0 bridgehead atoms. The monoisotopic (exact) mass is 275 g/mol. The minimum Gasteiger partial charge on any atom is -0.378 e. The zero-order valence-corrected chi connectivity index (χ0v) is 12.6. The van der Waals surface area contributed by atoms with Crippen LogP contribution in [0.15, 0.2) is 12.3 Å². The topological polar surface area (TPSA) is 28.6 Å². The van der Waals surface area contributed by atoms with Crippen LogP contribution in [0.3, 0.4) is 0 Å². The van der Waals surface area contributed by atoms with Crippen LogP contribution in [0.1, 0.15) is 36.9 Å². The van der Waals surface area contributed by atoms with Gasteiger partial charge in [0.2, 0.25) is 0 Å². The van der Waals surface area contributed by atoms with Gasteiger partial charge in [-0.15, -0.1) is 0 Å². The number of hydrogen-bond donors (Lipinski definition) is 0. The molecule has 2 aliphatic heterocycles. The van der Waals surface area contributed by atoms with Crippen molar-refractivity contribution in [2.24, 2.45) is 0 Å². The summed E-state index contributed by atoms with van der Waals surface area (Å²) in [7, 11) is 0. The second-order valence-corrected chi connectivity index (χ2v) is 5.79. The summed E-state index contributed by atoms with van der Waals surface area (Å²) in [6.07, 6.45) is 4.69. The quantitative estimate of drug-likeness (QED) is 0.847. The van der Waals surface area contributed by atoms with Gasteiger partial charge in [-0.05, 0) is 50.0 Å². The van der Waals surface area contributed by atoms with Gasteiger partial charge < -0.3 is 9.64 Å². The molecule has 2 aliphatic rings. The summed E-state index contributed by atoms with van der Waals surface area (Å²) in [5.74, 6) is 1.11. The Kier molecular flexibility index (Phi) is 4.22. The zero-order valence-electron chi connectivity index (χ0n) is 12.6. The van der Waals surface area contributed by atoms with Gasteiger partial charge in [0.15, 0.2) is 0 Å². The predicted molar refractivity (Wildman–Crippen MR) is 81.2 cm³/mol. The lowest BCUT2D eigenvalue weighted by Crippen LogP contribution is -2.36. The van der Waals surface area contributed by atoms with Crippen LogP contribution in [0, 0.1) is 6.92 Å². The molecular formula is C16H25N3O. The van der Waals surface area contributed by atoms with E-state index in [0.29, 0.717) is 6.04 Å². The lowest BCUT2D eigenvalue weighted by molar-refractivity contribution is 0.122. The lowest BCUT2D eigenvalue weighted by Gasteiger charge is -2.29. The molecule has 0 radical (unpaired) electrons. The summed E-state index contributed by atoms with van der Waals surface area (Å²) in [5.41, 5.74) is 2.80. The number of rotatable bonds is 3. The van der Waals surface area contributed by atoms with Crippen molar-refractivity contribution in [3.63, 3.8) is 0 Å². The molecule has 1 aromatic rings. The van der Waals surface area contributed by atoms with Crippen molar-refractivity contribution < 1.29 is 4.74 Å². The van der Waals surface area contributed by atoms with Crippen molar-refractivity contribution >= 4 is 5.82 Å². The van der Waals surface area contributed by atoms with E-state index in [9.17, 15) is 0 Å². The highest BCUT2D eigenvalue weighted by Gasteiger charge is 2.26. The van der Waals surface area contributed by atoms with Crippen molar-refractivity contribution in [3.8, 4) is 0 Å². The molecule has 3 rings (SSSR count). The predicted octanol–water partition coefficient (Wildman–Crippen LogP) is 2.38. The third kappa shape index (κ3) is 2.67. The fraction of sp³-hybridized carbons (Fsp3) is 0.688. The Morgan fingerprint density at radius 3 is 2.80 bits per heavy atom. The van der Waals surface area contributed by atoms with Crippen LogP contribution in [0.4, 0.5) is 5.82 Å². The third-order valence-electron chi connectivity index (χ3n) is 4.60. The minimum atomic E-state index is 0.575. The van der Waals surface area contributed by atoms with Crippen LogP contribution in [0.2, 0.25) is 0 Å². The van der Waals surface area contributed by atoms with E-state index in [-0.39, 0.29) is 0 Å². The molecule has 0 N–H and O–H groups in total. The number of ether oxygens (including phenoxy) is 1. The van der Waals surface area contributed by atoms with E-state index < -0.39 is 0 Å². The van der Waals surface area contributed by atoms with Gasteiger partial charge in [-0.2, -0.15) is 0 Å². The zero-order chi connectivity index (χ0) is 13.9. The third-order valence-corrected chi connectivity index (χ3v) is 4.60. The summed E-state index contributed by atoms with van der Waals surface area (Å²) in [6, 6.07) is 2.83. The Labute approximate surface area is 121 Å². The van der Waals surface area contributed by atoms with Crippen LogP contribution >= 0.6 is 0 Å². The van der Waals surface area contributed by atoms with Gasteiger partial charge in [0.05, 0.1) is 13.2 Å². The first-order valence-electron chi connectivity index (χ1n) is 7.83. The van der Waals surface area contributed by atoms with Crippen LogP contribution in [0.5, 0.6) is 0 Å². The molecule has 2 fully saturated rings. The Balaban J connectivity index is 1.80. The summed E-state index contributed by atoms with van der Waals surface area (Å²) in [4.78, 5) is 9.61. The maximum atomic E-state index is 5.41. The molecule has 1 atom stereocenters. The van der Waals surface area contributed by atoms with Crippen molar-refractivity contribution in [1.82, 2.24) is 9.88 Å². The highest BCUT2D eigenvalue weighted by atomic mass is 16.5. The number of aryl methyl sites for hydroxylation is 1. The lowest BCUT2D eigenvalue weighted by atomic mass is 10.0. The van der Waals surface area contributed by atoms with Crippen molar-refractivity contribution in [2.45, 2.75) is 32.7 Å². The molecule has 1 aromatic heterocycles.